The molecule has 1 aliphatic heterocycles. The van der Waals surface area contributed by atoms with E-state index in [0.29, 0.717) is 23.3 Å². The number of hydrogen-bond donors (Lipinski definition) is 1. The summed E-state index contributed by atoms with van der Waals surface area (Å²) in [7, 11) is 0. The fourth-order valence-electron chi connectivity index (χ4n) is 5.37. The number of nitrogens with zero attached hydrogens (tertiary/aromatic N) is 1. The molecule has 0 spiro atoms. The van der Waals surface area contributed by atoms with E-state index in [-0.39, 0.29) is 23.9 Å². The Labute approximate surface area is 211 Å². The van der Waals surface area contributed by atoms with Gasteiger partial charge in [0, 0.05) is 35.7 Å². The second-order valence-electron chi connectivity index (χ2n) is 9.80. The molecule has 1 saturated heterocycles. The summed E-state index contributed by atoms with van der Waals surface area (Å²) in [6.45, 7) is 11.8. The molecule has 2 aliphatic carbocycles. The Morgan fingerprint density at radius 2 is 1.70 bits per heavy atom. The molecule has 3 unspecified atom stereocenters. The van der Waals surface area contributed by atoms with E-state index in [2.05, 4.69) is 61.4 Å². The van der Waals surface area contributed by atoms with Crippen LogP contribution in [0.25, 0.3) is 0 Å². The molecule has 7 N–H and O–H groups in total. The zero-order chi connectivity index (χ0) is 20.9. The average molecular weight is 508 g/mol. The van der Waals surface area contributed by atoms with Crippen LogP contribution < -0.4 is 5.32 Å². The molecule has 0 aromatic carbocycles. The number of hydrogen-bond acceptors (Lipinski definition) is 2. The van der Waals surface area contributed by atoms with Crippen molar-refractivity contribution in [3.63, 3.8) is 0 Å². The first-order valence-corrected chi connectivity index (χ1v) is 12.2. The highest BCUT2D eigenvalue weighted by atomic mass is 35.5. The van der Waals surface area contributed by atoms with E-state index in [1.807, 2.05) is 6.08 Å². The average Bonchev–Trinajstić information content (AvgIpc) is 2.68. The molecule has 3 rings (SSSR count). The predicted molar refractivity (Wildman–Crippen MR) is 145 cm³/mol. The number of piperidine rings is 1. The van der Waals surface area contributed by atoms with E-state index in [1.54, 1.807) is 0 Å². The monoisotopic (exact) mass is 506 g/mol. The lowest BCUT2D eigenvalue weighted by atomic mass is 9.66. The fourth-order valence-corrected chi connectivity index (χ4v) is 5.69. The molecule has 3 aliphatic rings. The standard InChI is InChI=1S/C25H38Cl2N2.CH4.3H2O/c1-4-5-23(28-16-19-6-10-21(26)11-7-19)17-29-15-14-24(25(2,3)18-29)20-8-12-22(27)13-9-20;;;;/h6,8,10-13,19-20,23-24,28H,4-5,7,9,14-18H2,1-3H3;1H4;3*1H2/t19?,20?,23-,24?;;;;/m1..../s1. The van der Waals surface area contributed by atoms with Crippen LogP contribution in [0.3, 0.4) is 0 Å². The van der Waals surface area contributed by atoms with Crippen molar-refractivity contribution < 1.29 is 16.4 Å². The maximum atomic E-state index is 6.14. The van der Waals surface area contributed by atoms with Gasteiger partial charge in [-0.15, -0.1) is 0 Å². The van der Waals surface area contributed by atoms with Gasteiger partial charge in [-0.25, -0.2) is 0 Å². The largest absolute Gasteiger partial charge is 0.412 e. The van der Waals surface area contributed by atoms with E-state index in [1.165, 1.54) is 32.4 Å². The van der Waals surface area contributed by atoms with Crippen LogP contribution in [0.2, 0.25) is 0 Å². The summed E-state index contributed by atoms with van der Waals surface area (Å²) in [6, 6.07) is 0.568. The number of allylic oxidation sites excluding steroid dienone is 7. The van der Waals surface area contributed by atoms with Crippen LogP contribution in [0.5, 0.6) is 0 Å². The number of likely N-dealkylation sites (tertiary alicyclic amines) is 1. The van der Waals surface area contributed by atoms with Crippen LogP contribution in [0.1, 0.15) is 60.3 Å². The molecule has 4 atom stereocenters. The molecule has 194 valence electrons. The molecule has 1 heterocycles. The first kappa shape index (κ1) is 34.5. The van der Waals surface area contributed by atoms with Gasteiger partial charge in [0.05, 0.1) is 0 Å². The Morgan fingerprint density at radius 1 is 1.06 bits per heavy atom. The lowest BCUT2D eigenvalue weighted by molar-refractivity contribution is 0.0273. The summed E-state index contributed by atoms with van der Waals surface area (Å²) >= 11 is 12.2. The van der Waals surface area contributed by atoms with E-state index in [0.717, 1.165) is 41.9 Å². The summed E-state index contributed by atoms with van der Waals surface area (Å²) in [6.07, 6.45) is 19.0. The third kappa shape index (κ3) is 10.2. The molecule has 0 aromatic heterocycles. The van der Waals surface area contributed by atoms with E-state index in [9.17, 15) is 0 Å². The van der Waals surface area contributed by atoms with Crippen LogP contribution in [0.15, 0.2) is 46.5 Å². The highest BCUT2D eigenvalue weighted by Crippen LogP contribution is 2.43. The second kappa shape index (κ2) is 16.1. The smallest absolute Gasteiger partial charge is 0.0363 e. The summed E-state index contributed by atoms with van der Waals surface area (Å²) < 4.78 is 0. The van der Waals surface area contributed by atoms with Crippen LogP contribution in [-0.4, -0.2) is 53.5 Å². The quantitative estimate of drug-likeness (QED) is 0.516. The van der Waals surface area contributed by atoms with Crippen LogP contribution in [0, 0.1) is 23.2 Å². The normalized spacial score (nSPS) is 27.0. The van der Waals surface area contributed by atoms with Gasteiger partial charge in [-0.3, -0.25) is 0 Å². The zero-order valence-electron chi connectivity index (χ0n) is 19.8. The molecular formula is C26H48Cl2N2O3. The van der Waals surface area contributed by atoms with Gasteiger partial charge in [0.2, 0.25) is 0 Å². The Hall–Kier alpha value is -0.660. The van der Waals surface area contributed by atoms with Crippen molar-refractivity contribution in [2.45, 2.75) is 66.3 Å². The molecule has 0 bridgehead atoms. The molecule has 0 aromatic rings. The Balaban J connectivity index is 0. The summed E-state index contributed by atoms with van der Waals surface area (Å²) in [5.41, 5.74) is 0.329. The molecule has 5 nitrogen and oxygen atoms in total. The van der Waals surface area contributed by atoms with Gasteiger partial charge in [-0.2, -0.15) is 0 Å². The minimum absolute atomic E-state index is 0. The van der Waals surface area contributed by atoms with Crippen molar-refractivity contribution in [3.8, 4) is 0 Å². The SMILES string of the molecule is C.CCC[C@H](CN1CCC(C2C=CC(Cl)=CC2)C(C)(C)C1)NCC1C=CC(Cl)=CC1.O.O.O. The second-order valence-corrected chi connectivity index (χ2v) is 10.7. The molecule has 0 saturated carbocycles. The van der Waals surface area contributed by atoms with Crippen molar-refractivity contribution in [3.05, 3.63) is 46.5 Å². The predicted octanol–water partition coefficient (Wildman–Crippen LogP) is 4.65. The lowest BCUT2D eigenvalue weighted by Crippen LogP contribution is -2.52. The van der Waals surface area contributed by atoms with Crippen molar-refractivity contribution in [2.75, 3.05) is 26.2 Å². The highest BCUT2D eigenvalue weighted by molar-refractivity contribution is 6.31. The van der Waals surface area contributed by atoms with Gasteiger partial charge >= 0.3 is 0 Å². The van der Waals surface area contributed by atoms with Gasteiger partial charge in [-0.05, 0) is 67.5 Å². The summed E-state index contributed by atoms with van der Waals surface area (Å²) in [5.74, 6) is 1.94. The molecular weight excluding hydrogens is 459 g/mol. The van der Waals surface area contributed by atoms with Crippen molar-refractivity contribution in [1.82, 2.24) is 10.2 Å². The van der Waals surface area contributed by atoms with E-state index in [4.69, 9.17) is 23.2 Å². The Bertz CT molecular complexity index is 676. The van der Waals surface area contributed by atoms with Crippen molar-refractivity contribution in [2.24, 2.45) is 23.2 Å². The number of nitrogens with one attached hydrogen (secondary N) is 1. The maximum absolute atomic E-state index is 6.14. The van der Waals surface area contributed by atoms with Crippen LogP contribution >= 0.6 is 23.2 Å². The summed E-state index contributed by atoms with van der Waals surface area (Å²) in [5, 5.41) is 5.64. The molecule has 1 fully saturated rings. The molecule has 0 radical (unpaired) electrons. The summed E-state index contributed by atoms with van der Waals surface area (Å²) in [4.78, 5) is 2.70. The minimum Gasteiger partial charge on any atom is -0.412 e. The number of halogens is 2. The lowest BCUT2D eigenvalue weighted by Gasteiger charge is -2.48. The fraction of sp³-hybridized carbons (Fsp3) is 0.692. The highest BCUT2D eigenvalue weighted by Gasteiger charge is 2.39. The molecule has 33 heavy (non-hydrogen) atoms. The molecule has 7 heteroatoms. The first-order valence-electron chi connectivity index (χ1n) is 11.4. The van der Waals surface area contributed by atoms with Crippen molar-refractivity contribution in [1.29, 1.82) is 0 Å². The Morgan fingerprint density at radius 3 is 2.21 bits per heavy atom. The Kier molecular flexibility index (Phi) is 16.8. The van der Waals surface area contributed by atoms with E-state index >= 15 is 0 Å². The van der Waals surface area contributed by atoms with Gasteiger partial charge < -0.3 is 26.6 Å². The zero-order valence-corrected chi connectivity index (χ0v) is 21.4. The van der Waals surface area contributed by atoms with Crippen LogP contribution in [-0.2, 0) is 0 Å². The van der Waals surface area contributed by atoms with Gasteiger partial charge in [-0.1, -0.05) is 82.1 Å². The topological polar surface area (TPSA) is 110 Å². The molecule has 0 amide bonds. The van der Waals surface area contributed by atoms with E-state index < -0.39 is 0 Å². The third-order valence-corrected chi connectivity index (χ3v) is 7.48. The van der Waals surface area contributed by atoms with Gasteiger partial charge in [0.1, 0.15) is 0 Å². The van der Waals surface area contributed by atoms with Crippen LogP contribution in [0.4, 0.5) is 0 Å². The maximum Gasteiger partial charge on any atom is 0.0363 e. The first-order chi connectivity index (χ1) is 13.9. The van der Waals surface area contributed by atoms with Gasteiger partial charge in [0.15, 0.2) is 0 Å². The van der Waals surface area contributed by atoms with Gasteiger partial charge in [0.25, 0.3) is 0 Å². The number of rotatable bonds is 8. The third-order valence-electron chi connectivity index (χ3n) is 6.92. The van der Waals surface area contributed by atoms with Crippen molar-refractivity contribution >= 4 is 23.2 Å². The minimum atomic E-state index is 0.